The second kappa shape index (κ2) is 4.40. The number of hydrogen-bond acceptors (Lipinski definition) is 1. The van der Waals surface area contributed by atoms with Crippen LogP contribution < -0.4 is 0 Å². The maximum Gasteiger partial charge on any atom is 0.0592 e. The Bertz CT molecular complexity index is 551. The minimum atomic E-state index is 0.357. The number of benzene rings is 1. The van der Waals surface area contributed by atoms with Crippen LogP contribution in [0.4, 0.5) is 0 Å². The zero-order valence-corrected chi connectivity index (χ0v) is 11.5. The molecular formula is C16H16ClN. The predicted molar refractivity (Wildman–Crippen MR) is 75.4 cm³/mol. The number of aromatic nitrogens is 1. The number of halogens is 1. The van der Waals surface area contributed by atoms with Crippen molar-refractivity contribution in [3.05, 3.63) is 63.4 Å². The lowest BCUT2D eigenvalue weighted by Gasteiger charge is -2.14. The molecule has 0 radical (unpaired) electrons. The lowest BCUT2D eigenvalue weighted by atomic mass is 9.92. The molecule has 92 valence electrons. The quantitative estimate of drug-likeness (QED) is 0.686. The molecule has 1 aliphatic carbocycles. The van der Waals surface area contributed by atoms with E-state index in [1.165, 1.54) is 27.9 Å². The molecule has 0 amide bonds. The van der Waals surface area contributed by atoms with Crippen LogP contribution in [0.25, 0.3) is 0 Å². The molecule has 0 aliphatic heterocycles. The molecule has 0 bridgehead atoms. The van der Waals surface area contributed by atoms with Crippen LogP contribution >= 0.6 is 11.6 Å². The lowest BCUT2D eigenvalue weighted by Crippen LogP contribution is -2.02. The Balaban J connectivity index is 2.15. The second-order valence-electron chi connectivity index (χ2n) is 5.12. The number of fused-ring (bicyclic) bond motifs is 2. The summed E-state index contributed by atoms with van der Waals surface area (Å²) in [7, 11) is 0. The third-order valence-electron chi connectivity index (χ3n) is 3.81. The average molecular weight is 258 g/mol. The maximum absolute atomic E-state index is 6.05. The first kappa shape index (κ1) is 11.7. The van der Waals surface area contributed by atoms with E-state index in [0.717, 1.165) is 17.9 Å². The van der Waals surface area contributed by atoms with Gasteiger partial charge in [-0.3, -0.25) is 4.98 Å². The standard InChI is InChI=1S/C16H16ClN/c1-10-3-6-15-11(2)16-13(5-4-12(15)7-10)8-14(17)9-18-16/h3,6-9,11H,4-5H2,1-2H3. The van der Waals surface area contributed by atoms with Crippen molar-refractivity contribution in [2.45, 2.75) is 32.6 Å². The van der Waals surface area contributed by atoms with Crippen LogP contribution in [0.1, 0.15) is 40.8 Å². The monoisotopic (exact) mass is 257 g/mol. The van der Waals surface area contributed by atoms with E-state index in [0.29, 0.717) is 5.92 Å². The second-order valence-corrected chi connectivity index (χ2v) is 5.56. The Kier molecular flexibility index (Phi) is 2.87. The Morgan fingerprint density at radius 2 is 1.94 bits per heavy atom. The molecule has 3 rings (SSSR count). The molecule has 1 heterocycles. The molecule has 1 unspecified atom stereocenters. The van der Waals surface area contributed by atoms with Gasteiger partial charge in [0.15, 0.2) is 0 Å². The molecule has 2 heteroatoms. The summed E-state index contributed by atoms with van der Waals surface area (Å²) >= 11 is 6.05. The third kappa shape index (κ3) is 1.93. The molecule has 18 heavy (non-hydrogen) atoms. The van der Waals surface area contributed by atoms with Gasteiger partial charge in [-0.1, -0.05) is 42.3 Å². The fourth-order valence-corrected chi connectivity index (χ4v) is 3.05. The Morgan fingerprint density at radius 3 is 2.78 bits per heavy atom. The summed E-state index contributed by atoms with van der Waals surface area (Å²) in [5.74, 6) is 0.357. The first-order valence-corrected chi connectivity index (χ1v) is 6.76. The van der Waals surface area contributed by atoms with Crippen LogP contribution in [-0.4, -0.2) is 4.98 Å². The van der Waals surface area contributed by atoms with Gasteiger partial charge in [-0.05, 0) is 42.5 Å². The van der Waals surface area contributed by atoms with E-state index in [1.807, 2.05) is 0 Å². The number of aryl methyl sites for hydroxylation is 3. The molecule has 0 saturated heterocycles. The predicted octanol–water partition coefficient (Wildman–Crippen LogP) is 4.29. The van der Waals surface area contributed by atoms with Crippen LogP contribution in [0.3, 0.4) is 0 Å². The topological polar surface area (TPSA) is 12.9 Å². The van der Waals surface area contributed by atoms with E-state index in [9.17, 15) is 0 Å². The van der Waals surface area contributed by atoms with Crippen LogP contribution in [0.15, 0.2) is 30.5 Å². The van der Waals surface area contributed by atoms with Gasteiger partial charge >= 0.3 is 0 Å². The van der Waals surface area contributed by atoms with E-state index in [1.54, 1.807) is 6.20 Å². The molecule has 2 aromatic rings. The van der Waals surface area contributed by atoms with Crippen molar-refractivity contribution >= 4 is 11.6 Å². The van der Waals surface area contributed by atoms with E-state index < -0.39 is 0 Å². The van der Waals surface area contributed by atoms with Crippen molar-refractivity contribution < 1.29 is 0 Å². The highest BCUT2D eigenvalue weighted by Crippen LogP contribution is 2.33. The van der Waals surface area contributed by atoms with Gasteiger partial charge in [0.25, 0.3) is 0 Å². The fraction of sp³-hybridized carbons (Fsp3) is 0.312. The Morgan fingerprint density at radius 1 is 1.17 bits per heavy atom. The van der Waals surface area contributed by atoms with Crippen LogP contribution in [0, 0.1) is 6.92 Å². The number of hydrogen-bond donors (Lipinski definition) is 0. The van der Waals surface area contributed by atoms with Gasteiger partial charge in [0.05, 0.1) is 10.7 Å². The highest BCUT2D eigenvalue weighted by molar-refractivity contribution is 6.30. The summed E-state index contributed by atoms with van der Waals surface area (Å²) in [6.45, 7) is 4.39. The van der Waals surface area contributed by atoms with Crippen molar-refractivity contribution in [3.8, 4) is 0 Å². The minimum Gasteiger partial charge on any atom is -0.259 e. The fourth-order valence-electron chi connectivity index (χ4n) is 2.87. The third-order valence-corrected chi connectivity index (χ3v) is 4.01. The van der Waals surface area contributed by atoms with E-state index in [-0.39, 0.29) is 0 Å². The van der Waals surface area contributed by atoms with Gasteiger partial charge in [-0.2, -0.15) is 0 Å². The Labute approximate surface area is 113 Å². The maximum atomic E-state index is 6.05. The first-order valence-electron chi connectivity index (χ1n) is 6.39. The summed E-state index contributed by atoms with van der Waals surface area (Å²) in [6, 6.07) is 8.81. The molecule has 1 atom stereocenters. The normalized spacial score (nSPS) is 17.8. The zero-order valence-electron chi connectivity index (χ0n) is 10.7. The molecule has 1 aromatic carbocycles. The van der Waals surface area contributed by atoms with Gasteiger partial charge in [0.2, 0.25) is 0 Å². The van der Waals surface area contributed by atoms with Gasteiger partial charge in [0.1, 0.15) is 0 Å². The molecule has 1 aromatic heterocycles. The Hall–Kier alpha value is -1.34. The minimum absolute atomic E-state index is 0.357. The smallest absolute Gasteiger partial charge is 0.0592 e. The number of rotatable bonds is 0. The molecular weight excluding hydrogens is 242 g/mol. The molecule has 0 spiro atoms. The summed E-state index contributed by atoms with van der Waals surface area (Å²) in [4.78, 5) is 4.55. The number of pyridine rings is 1. The largest absolute Gasteiger partial charge is 0.259 e. The molecule has 1 nitrogen and oxygen atoms in total. The molecule has 0 saturated carbocycles. The molecule has 1 aliphatic rings. The SMILES string of the molecule is Cc1ccc2c(c1)CCc1cc(Cl)cnc1C2C. The van der Waals surface area contributed by atoms with E-state index in [4.69, 9.17) is 11.6 Å². The van der Waals surface area contributed by atoms with E-state index in [2.05, 4.69) is 43.1 Å². The summed E-state index contributed by atoms with van der Waals surface area (Å²) < 4.78 is 0. The zero-order chi connectivity index (χ0) is 12.7. The van der Waals surface area contributed by atoms with Crippen molar-refractivity contribution in [1.29, 1.82) is 0 Å². The van der Waals surface area contributed by atoms with Crippen molar-refractivity contribution in [2.24, 2.45) is 0 Å². The van der Waals surface area contributed by atoms with Crippen LogP contribution in [0.2, 0.25) is 5.02 Å². The highest BCUT2D eigenvalue weighted by atomic mass is 35.5. The van der Waals surface area contributed by atoms with Gasteiger partial charge in [-0.25, -0.2) is 0 Å². The van der Waals surface area contributed by atoms with Crippen LogP contribution in [-0.2, 0) is 12.8 Å². The van der Waals surface area contributed by atoms with Gasteiger partial charge in [-0.15, -0.1) is 0 Å². The summed E-state index contributed by atoms with van der Waals surface area (Å²) in [6.07, 6.45) is 3.87. The van der Waals surface area contributed by atoms with Gasteiger partial charge < -0.3 is 0 Å². The summed E-state index contributed by atoms with van der Waals surface area (Å²) in [5, 5.41) is 0.739. The van der Waals surface area contributed by atoms with Crippen molar-refractivity contribution in [3.63, 3.8) is 0 Å². The molecule has 0 N–H and O–H groups in total. The number of nitrogens with zero attached hydrogens (tertiary/aromatic N) is 1. The summed E-state index contributed by atoms with van der Waals surface area (Å²) in [5.41, 5.74) is 6.68. The molecule has 0 fully saturated rings. The van der Waals surface area contributed by atoms with Crippen molar-refractivity contribution in [1.82, 2.24) is 4.98 Å². The highest BCUT2D eigenvalue weighted by Gasteiger charge is 2.21. The van der Waals surface area contributed by atoms with Crippen LogP contribution in [0.5, 0.6) is 0 Å². The average Bonchev–Trinajstić information content (AvgIpc) is 2.47. The first-order chi connectivity index (χ1) is 8.65. The lowest BCUT2D eigenvalue weighted by molar-refractivity contribution is 0.860. The van der Waals surface area contributed by atoms with E-state index >= 15 is 0 Å². The van der Waals surface area contributed by atoms with Gasteiger partial charge in [0, 0.05) is 12.1 Å². The van der Waals surface area contributed by atoms with Crippen molar-refractivity contribution in [2.75, 3.05) is 0 Å².